The molecule has 0 saturated carbocycles. The van der Waals surface area contributed by atoms with Crippen LogP contribution in [0, 0.1) is 6.92 Å². The summed E-state index contributed by atoms with van der Waals surface area (Å²) in [6, 6.07) is 17.7. The number of hydrogen-bond donors (Lipinski definition) is 0. The maximum Gasteiger partial charge on any atom is 0.142 e. The minimum absolute atomic E-state index is 0.636. The van der Waals surface area contributed by atoms with Crippen molar-refractivity contribution in [2.24, 2.45) is 0 Å². The van der Waals surface area contributed by atoms with Crippen molar-refractivity contribution >= 4 is 5.69 Å². The Kier molecular flexibility index (Phi) is 6.65. The van der Waals surface area contributed by atoms with Crippen LogP contribution in [0.5, 0.6) is 5.75 Å². The molecule has 2 aromatic carbocycles. The lowest BCUT2D eigenvalue weighted by Gasteiger charge is -2.44. The summed E-state index contributed by atoms with van der Waals surface area (Å²) in [5, 5.41) is 4.48. The number of nitrogens with zero attached hydrogens (tertiary/aromatic N) is 5. The number of para-hydroxylation sites is 2. The molecular formula is C27H35N5O. The van der Waals surface area contributed by atoms with Crippen LogP contribution < -0.4 is 9.64 Å². The van der Waals surface area contributed by atoms with Gasteiger partial charge in [-0.3, -0.25) is 9.80 Å². The maximum atomic E-state index is 5.59. The molecule has 2 aliphatic rings. The van der Waals surface area contributed by atoms with Crippen LogP contribution in [0.3, 0.4) is 0 Å². The Balaban J connectivity index is 1.22. The highest BCUT2D eigenvalue weighted by Gasteiger charge is 2.29. The van der Waals surface area contributed by atoms with Gasteiger partial charge in [0.15, 0.2) is 0 Å². The number of piperazine rings is 1. The molecule has 0 aliphatic carbocycles. The minimum Gasteiger partial charge on any atom is -0.495 e. The number of methoxy groups -OCH3 is 1. The molecule has 0 N–H and O–H groups in total. The van der Waals surface area contributed by atoms with Crippen molar-refractivity contribution in [1.82, 2.24) is 19.6 Å². The van der Waals surface area contributed by atoms with Gasteiger partial charge < -0.3 is 9.64 Å². The molecule has 2 saturated heterocycles. The molecule has 0 bridgehead atoms. The van der Waals surface area contributed by atoms with Gasteiger partial charge in [0, 0.05) is 57.7 Å². The molecule has 3 heterocycles. The molecular weight excluding hydrogens is 410 g/mol. The van der Waals surface area contributed by atoms with E-state index in [0.717, 1.165) is 45.0 Å². The molecule has 6 nitrogen and oxygen atoms in total. The van der Waals surface area contributed by atoms with Crippen LogP contribution in [-0.4, -0.2) is 72.0 Å². The SMILES string of the molecule is COc1ccccc1N1CCN(C2CCCN(Cc3cc(C)ccc3-n3cccn3)C2)CC1. The summed E-state index contributed by atoms with van der Waals surface area (Å²) in [7, 11) is 1.76. The van der Waals surface area contributed by atoms with Crippen LogP contribution in [0.2, 0.25) is 0 Å². The summed E-state index contributed by atoms with van der Waals surface area (Å²) in [5.41, 5.74) is 5.08. The second-order valence-electron chi connectivity index (χ2n) is 9.31. The second kappa shape index (κ2) is 9.98. The summed E-state index contributed by atoms with van der Waals surface area (Å²) in [6.07, 6.45) is 6.45. The quantitative estimate of drug-likeness (QED) is 0.574. The molecule has 2 aliphatic heterocycles. The summed E-state index contributed by atoms with van der Waals surface area (Å²) in [6.45, 7) is 9.80. The predicted octanol–water partition coefficient (Wildman–Crippen LogP) is 3.98. The third-order valence-corrected chi connectivity index (χ3v) is 7.12. The number of anilines is 1. The molecule has 1 aromatic heterocycles. The Hall–Kier alpha value is -2.83. The van der Waals surface area contributed by atoms with E-state index in [-0.39, 0.29) is 0 Å². The lowest BCUT2D eigenvalue weighted by atomic mass is 10.0. The first-order chi connectivity index (χ1) is 16.2. The molecule has 1 atom stereocenters. The first-order valence-corrected chi connectivity index (χ1v) is 12.1. The van der Waals surface area contributed by atoms with Crippen molar-refractivity contribution in [3.05, 3.63) is 72.1 Å². The first-order valence-electron chi connectivity index (χ1n) is 12.1. The number of likely N-dealkylation sites (tertiary alicyclic amines) is 1. The van der Waals surface area contributed by atoms with Crippen LogP contribution >= 0.6 is 0 Å². The Labute approximate surface area is 197 Å². The highest BCUT2D eigenvalue weighted by atomic mass is 16.5. The molecule has 0 radical (unpaired) electrons. The van der Waals surface area contributed by atoms with Gasteiger partial charge in [0.25, 0.3) is 0 Å². The third-order valence-electron chi connectivity index (χ3n) is 7.12. The van der Waals surface area contributed by atoms with Gasteiger partial charge >= 0.3 is 0 Å². The summed E-state index contributed by atoms with van der Waals surface area (Å²) >= 11 is 0. The van der Waals surface area contributed by atoms with Crippen molar-refractivity contribution in [2.45, 2.75) is 32.4 Å². The van der Waals surface area contributed by atoms with Gasteiger partial charge in [0.1, 0.15) is 5.75 Å². The fraction of sp³-hybridized carbons (Fsp3) is 0.444. The van der Waals surface area contributed by atoms with Crippen LogP contribution in [-0.2, 0) is 6.54 Å². The van der Waals surface area contributed by atoms with Crippen LogP contribution in [0.4, 0.5) is 5.69 Å². The van der Waals surface area contributed by atoms with Gasteiger partial charge in [-0.15, -0.1) is 0 Å². The zero-order chi connectivity index (χ0) is 22.6. The van der Waals surface area contributed by atoms with E-state index in [1.807, 2.05) is 29.2 Å². The molecule has 3 aromatic rings. The topological polar surface area (TPSA) is 36.8 Å². The Bertz CT molecular complexity index is 1040. The monoisotopic (exact) mass is 445 g/mol. The zero-order valence-electron chi connectivity index (χ0n) is 19.9. The number of hydrogen-bond acceptors (Lipinski definition) is 5. The summed E-state index contributed by atoms with van der Waals surface area (Å²) < 4.78 is 7.58. The van der Waals surface area contributed by atoms with Gasteiger partial charge in [-0.25, -0.2) is 4.68 Å². The van der Waals surface area contributed by atoms with E-state index in [2.05, 4.69) is 63.1 Å². The number of benzene rings is 2. The fourth-order valence-electron chi connectivity index (χ4n) is 5.41. The molecule has 2 fully saturated rings. The molecule has 0 spiro atoms. The number of aromatic nitrogens is 2. The summed E-state index contributed by atoms with van der Waals surface area (Å²) in [5.74, 6) is 0.973. The van der Waals surface area contributed by atoms with Gasteiger partial charge in [-0.2, -0.15) is 5.10 Å². The van der Waals surface area contributed by atoms with Crippen molar-refractivity contribution in [2.75, 3.05) is 51.3 Å². The predicted molar refractivity (Wildman–Crippen MR) is 133 cm³/mol. The Morgan fingerprint density at radius 2 is 1.82 bits per heavy atom. The van der Waals surface area contributed by atoms with E-state index in [1.165, 1.54) is 41.9 Å². The number of ether oxygens (including phenoxy) is 1. The Morgan fingerprint density at radius 3 is 2.61 bits per heavy atom. The van der Waals surface area contributed by atoms with Crippen LogP contribution in [0.25, 0.3) is 5.69 Å². The normalized spacial score (nSPS) is 20.2. The first kappa shape index (κ1) is 22.0. The van der Waals surface area contributed by atoms with E-state index < -0.39 is 0 Å². The van der Waals surface area contributed by atoms with Gasteiger partial charge in [-0.05, 0) is 56.1 Å². The average Bonchev–Trinajstić information content (AvgIpc) is 3.39. The van der Waals surface area contributed by atoms with E-state index in [0.29, 0.717) is 6.04 Å². The Morgan fingerprint density at radius 1 is 0.970 bits per heavy atom. The smallest absolute Gasteiger partial charge is 0.142 e. The molecule has 0 amide bonds. The number of rotatable bonds is 6. The lowest BCUT2D eigenvalue weighted by Crippen LogP contribution is -2.55. The van der Waals surface area contributed by atoms with E-state index in [9.17, 15) is 0 Å². The van der Waals surface area contributed by atoms with Crippen LogP contribution in [0.15, 0.2) is 60.9 Å². The minimum atomic E-state index is 0.636. The standard InChI is InChI=1S/C27H35N5O/c1-22-10-11-25(32-14-6-12-28-32)23(19-22)20-29-13-5-7-24(21-29)30-15-17-31(18-16-30)26-8-3-4-9-27(26)33-2/h3-4,6,8-12,14,19,24H,5,7,13,15-18,20-21H2,1-2H3. The number of aryl methyl sites for hydroxylation is 1. The van der Waals surface area contributed by atoms with E-state index in [4.69, 9.17) is 4.74 Å². The van der Waals surface area contributed by atoms with Gasteiger partial charge in [0.2, 0.25) is 0 Å². The largest absolute Gasteiger partial charge is 0.495 e. The maximum absolute atomic E-state index is 5.59. The van der Waals surface area contributed by atoms with Crippen molar-refractivity contribution in [3.63, 3.8) is 0 Å². The van der Waals surface area contributed by atoms with E-state index >= 15 is 0 Å². The van der Waals surface area contributed by atoms with Crippen molar-refractivity contribution < 1.29 is 4.74 Å². The number of piperidine rings is 1. The summed E-state index contributed by atoms with van der Waals surface area (Å²) in [4.78, 5) is 7.82. The molecule has 6 heteroatoms. The van der Waals surface area contributed by atoms with Gasteiger partial charge in [-0.1, -0.05) is 29.8 Å². The molecule has 174 valence electrons. The molecule has 33 heavy (non-hydrogen) atoms. The van der Waals surface area contributed by atoms with Crippen LogP contribution in [0.1, 0.15) is 24.0 Å². The highest BCUT2D eigenvalue weighted by molar-refractivity contribution is 5.58. The third kappa shape index (κ3) is 4.92. The highest BCUT2D eigenvalue weighted by Crippen LogP contribution is 2.29. The second-order valence-corrected chi connectivity index (χ2v) is 9.31. The molecule has 1 unspecified atom stereocenters. The zero-order valence-corrected chi connectivity index (χ0v) is 19.9. The lowest BCUT2D eigenvalue weighted by molar-refractivity contribution is 0.0886. The average molecular weight is 446 g/mol. The van der Waals surface area contributed by atoms with Crippen molar-refractivity contribution in [3.8, 4) is 11.4 Å². The van der Waals surface area contributed by atoms with Crippen molar-refractivity contribution in [1.29, 1.82) is 0 Å². The van der Waals surface area contributed by atoms with Gasteiger partial charge in [0.05, 0.1) is 18.5 Å². The molecule has 5 rings (SSSR count). The fourth-order valence-corrected chi connectivity index (χ4v) is 5.41. The van der Waals surface area contributed by atoms with E-state index in [1.54, 1.807) is 7.11 Å².